The lowest BCUT2D eigenvalue weighted by atomic mass is 9.72. The first-order chi connectivity index (χ1) is 15.0. The second kappa shape index (κ2) is 8.12. The maximum Gasteiger partial charge on any atom is 0.224 e. The van der Waals surface area contributed by atoms with E-state index in [-0.39, 0.29) is 11.8 Å². The lowest BCUT2D eigenvalue weighted by molar-refractivity contribution is -0.127. The molecule has 2 aliphatic rings. The van der Waals surface area contributed by atoms with Crippen molar-refractivity contribution in [1.29, 1.82) is 0 Å². The molecule has 162 valence electrons. The number of likely N-dealkylation sites (tertiary alicyclic amines) is 1. The van der Waals surface area contributed by atoms with Crippen LogP contribution in [-0.4, -0.2) is 40.0 Å². The van der Waals surface area contributed by atoms with E-state index in [1.54, 1.807) is 6.20 Å². The molecule has 5 rings (SSSR count). The van der Waals surface area contributed by atoms with Crippen molar-refractivity contribution in [3.8, 4) is 0 Å². The largest absolute Gasteiger partial charge is 0.352 e. The third kappa shape index (κ3) is 3.76. The summed E-state index contributed by atoms with van der Waals surface area (Å²) in [7, 11) is 2.19. The summed E-state index contributed by atoms with van der Waals surface area (Å²) in [6, 6.07) is 11.1. The van der Waals surface area contributed by atoms with Crippen LogP contribution in [0.5, 0.6) is 0 Å². The van der Waals surface area contributed by atoms with Crippen molar-refractivity contribution in [2.75, 3.05) is 13.6 Å². The van der Waals surface area contributed by atoms with Crippen LogP contribution in [0.15, 0.2) is 48.9 Å². The van der Waals surface area contributed by atoms with Gasteiger partial charge < -0.3 is 14.8 Å². The molecule has 1 fully saturated rings. The predicted molar refractivity (Wildman–Crippen MR) is 124 cm³/mol. The Labute approximate surface area is 184 Å². The first-order valence-corrected chi connectivity index (χ1v) is 11.5. The Morgan fingerprint density at radius 2 is 2.13 bits per heavy atom. The summed E-state index contributed by atoms with van der Waals surface area (Å²) in [6.45, 7) is 6.95. The van der Waals surface area contributed by atoms with Gasteiger partial charge >= 0.3 is 0 Å². The van der Waals surface area contributed by atoms with Crippen LogP contribution in [0.25, 0.3) is 10.9 Å². The van der Waals surface area contributed by atoms with Crippen LogP contribution in [0, 0.1) is 11.8 Å². The third-order valence-electron chi connectivity index (χ3n) is 7.05. The second-order valence-corrected chi connectivity index (χ2v) is 9.77. The van der Waals surface area contributed by atoms with Crippen molar-refractivity contribution in [1.82, 2.24) is 19.8 Å². The highest BCUT2D eigenvalue weighted by atomic mass is 16.1. The number of carbonyl (C=O) groups excluding carboxylic acids is 1. The molecule has 0 unspecified atom stereocenters. The van der Waals surface area contributed by atoms with Crippen molar-refractivity contribution in [3.05, 3.63) is 65.6 Å². The SMILES string of the molecule is CC(C)Cn1cc2c3c(cccc31)[C@H]1C[C@@H](C(=O)NCc3cccnc3)CN(C)[C@@H]1C2. The van der Waals surface area contributed by atoms with Gasteiger partial charge in [-0.25, -0.2) is 0 Å². The number of pyridine rings is 1. The van der Waals surface area contributed by atoms with Crippen LogP contribution in [-0.2, 0) is 24.3 Å². The lowest BCUT2D eigenvalue weighted by Gasteiger charge is -2.45. The molecule has 2 aromatic heterocycles. The number of hydrogen-bond donors (Lipinski definition) is 1. The number of aromatic nitrogens is 2. The molecular formula is C26H32N4O. The first kappa shape index (κ1) is 20.3. The molecular weight excluding hydrogens is 384 g/mol. The molecule has 5 nitrogen and oxygen atoms in total. The monoisotopic (exact) mass is 416 g/mol. The number of benzene rings is 1. The molecule has 1 N–H and O–H groups in total. The highest BCUT2D eigenvalue weighted by Gasteiger charge is 2.41. The fourth-order valence-corrected chi connectivity index (χ4v) is 5.69. The van der Waals surface area contributed by atoms with Gasteiger partial charge in [-0.2, -0.15) is 0 Å². The van der Waals surface area contributed by atoms with E-state index in [1.165, 1.54) is 22.0 Å². The van der Waals surface area contributed by atoms with Gasteiger partial charge in [0.2, 0.25) is 5.91 Å². The summed E-state index contributed by atoms with van der Waals surface area (Å²) in [5.41, 5.74) is 5.30. The molecule has 31 heavy (non-hydrogen) atoms. The smallest absolute Gasteiger partial charge is 0.224 e. The van der Waals surface area contributed by atoms with E-state index >= 15 is 0 Å². The Hall–Kier alpha value is -2.66. The van der Waals surface area contributed by atoms with Gasteiger partial charge in [0.15, 0.2) is 0 Å². The Kier molecular flexibility index (Phi) is 5.30. The summed E-state index contributed by atoms with van der Waals surface area (Å²) in [4.78, 5) is 19.6. The summed E-state index contributed by atoms with van der Waals surface area (Å²) in [5, 5.41) is 4.58. The van der Waals surface area contributed by atoms with Crippen molar-refractivity contribution in [2.24, 2.45) is 11.8 Å². The van der Waals surface area contributed by atoms with Gasteiger partial charge in [-0.05, 0) is 54.6 Å². The molecule has 5 heteroatoms. The van der Waals surface area contributed by atoms with Gasteiger partial charge in [-0.1, -0.05) is 32.0 Å². The Balaban J connectivity index is 1.40. The molecule has 1 aliphatic carbocycles. The van der Waals surface area contributed by atoms with E-state index in [0.717, 1.165) is 31.5 Å². The van der Waals surface area contributed by atoms with Crippen molar-refractivity contribution in [2.45, 2.75) is 51.7 Å². The average molecular weight is 417 g/mol. The van der Waals surface area contributed by atoms with Gasteiger partial charge in [0.05, 0.1) is 5.92 Å². The number of nitrogens with one attached hydrogen (secondary N) is 1. The van der Waals surface area contributed by atoms with Crippen molar-refractivity contribution in [3.63, 3.8) is 0 Å². The van der Waals surface area contributed by atoms with E-state index in [1.807, 2.05) is 18.3 Å². The Morgan fingerprint density at radius 3 is 2.90 bits per heavy atom. The maximum atomic E-state index is 13.0. The molecule has 1 aromatic carbocycles. The van der Waals surface area contributed by atoms with E-state index in [9.17, 15) is 4.79 Å². The molecule has 0 radical (unpaired) electrons. The molecule has 0 bridgehead atoms. The topological polar surface area (TPSA) is 50.2 Å². The number of carbonyl (C=O) groups is 1. The number of nitrogens with zero attached hydrogens (tertiary/aromatic N) is 3. The number of rotatable bonds is 5. The standard InChI is InChI=1S/C26H32N4O/c1-17(2)14-30-16-19-11-24-22(21-7-4-8-23(30)25(19)21)10-20(15-29(24)3)26(31)28-13-18-6-5-9-27-12-18/h4-9,12,16-17,20,22,24H,10-11,13-15H2,1-3H3,(H,28,31)/t20-,22-,24-/m1/s1. The zero-order valence-electron chi connectivity index (χ0n) is 18.7. The highest BCUT2D eigenvalue weighted by Crippen LogP contribution is 2.45. The molecule has 1 saturated heterocycles. The van der Waals surface area contributed by atoms with Gasteiger partial charge in [0, 0.05) is 61.1 Å². The van der Waals surface area contributed by atoms with Gasteiger partial charge in [0.1, 0.15) is 0 Å². The normalized spacial score (nSPS) is 23.2. The Bertz CT molecular complexity index is 1090. The van der Waals surface area contributed by atoms with Crippen LogP contribution in [0.4, 0.5) is 0 Å². The quantitative estimate of drug-likeness (QED) is 0.685. The van der Waals surface area contributed by atoms with E-state index in [4.69, 9.17) is 0 Å². The summed E-state index contributed by atoms with van der Waals surface area (Å²) < 4.78 is 2.44. The highest BCUT2D eigenvalue weighted by molar-refractivity contribution is 5.89. The van der Waals surface area contributed by atoms with Gasteiger partial charge in [-0.3, -0.25) is 9.78 Å². The number of fused-ring (bicyclic) bond motifs is 2. The predicted octanol–water partition coefficient (Wildman–Crippen LogP) is 3.97. The minimum Gasteiger partial charge on any atom is -0.352 e. The zero-order valence-corrected chi connectivity index (χ0v) is 18.7. The molecule has 1 amide bonds. The second-order valence-electron chi connectivity index (χ2n) is 9.77. The van der Waals surface area contributed by atoms with Crippen LogP contribution < -0.4 is 5.32 Å². The molecule has 3 heterocycles. The lowest BCUT2D eigenvalue weighted by Crippen LogP contribution is -2.51. The minimum absolute atomic E-state index is 0.0116. The fourth-order valence-electron chi connectivity index (χ4n) is 5.69. The fraction of sp³-hybridized carbons (Fsp3) is 0.462. The number of amides is 1. The first-order valence-electron chi connectivity index (χ1n) is 11.5. The molecule has 0 saturated carbocycles. The number of likely N-dealkylation sites (N-methyl/N-ethyl adjacent to an activating group) is 1. The van der Waals surface area contributed by atoms with Crippen LogP contribution in [0.1, 0.15) is 42.9 Å². The van der Waals surface area contributed by atoms with Crippen molar-refractivity contribution >= 4 is 16.8 Å². The van der Waals surface area contributed by atoms with E-state index in [0.29, 0.717) is 24.4 Å². The third-order valence-corrected chi connectivity index (χ3v) is 7.05. The zero-order chi connectivity index (χ0) is 21.5. The van der Waals surface area contributed by atoms with Crippen LogP contribution >= 0.6 is 0 Å². The van der Waals surface area contributed by atoms with Crippen LogP contribution in [0.2, 0.25) is 0 Å². The van der Waals surface area contributed by atoms with Crippen molar-refractivity contribution < 1.29 is 4.79 Å². The summed E-state index contributed by atoms with van der Waals surface area (Å²) in [5.74, 6) is 1.19. The van der Waals surface area contributed by atoms with E-state index in [2.05, 4.69) is 65.1 Å². The van der Waals surface area contributed by atoms with E-state index < -0.39 is 0 Å². The maximum absolute atomic E-state index is 13.0. The molecule has 0 spiro atoms. The van der Waals surface area contributed by atoms with Gasteiger partial charge in [-0.15, -0.1) is 0 Å². The summed E-state index contributed by atoms with van der Waals surface area (Å²) in [6.07, 6.45) is 7.94. The molecule has 3 aromatic rings. The molecule has 3 atom stereocenters. The Morgan fingerprint density at radius 1 is 1.26 bits per heavy atom. The molecule has 1 aliphatic heterocycles. The van der Waals surface area contributed by atoms with Crippen LogP contribution in [0.3, 0.4) is 0 Å². The summed E-state index contributed by atoms with van der Waals surface area (Å²) >= 11 is 0. The minimum atomic E-state index is 0.0116. The van der Waals surface area contributed by atoms with Gasteiger partial charge in [0.25, 0.3) is 0 Å². The number of hydrogen-bond acceptors (Lipinski definition) is 3. The number of piperidine rings is 1. The average Bonchev–Trinajstić information content (AvgIpc) is 3.11.